The third-order valence-corrected chi connectivity index (χ3v) is 2.91. The smallest absolute Gasteiger partial charge is 0.146 e. The van der Waals surface area contributed by atoms with Gasteiger partial charge in [-0.25, -0.2) is 9.97 Å². The predicted octanol–water partition coefficient (Wildman–Crippen LogP) is 1.63. The predicted molar refractivity (Wildman–Crippen MR) is 69.0 cm³/mol. The van der Waals surface area contributed by atoms with Gasteiger partial charge in [0.1, 0.15) is 17.7 Å². The van der Waals surface area contributed by atoms with Crippen LogP contribution in [0.15, 0.2) is 24.7 Å². The van der Waals surface area contributed by atoms with Crippen molar-refractivity contribution in [2.45, 2.75) is 13.5 Å². The Morgan fingerprint density at radius 2 is 2.17 bits per heavy atom. The normalized spacial score (nSPS) is 10.1. The molecule has 2 aromatic rings. The first-order valence-corrected chi connectivity index (χ1v) is 5.66. The molecule has 0 aliphatic carbocycles. The number of rotatable bonds is 3. The molecule has 0 amide bonds. The molecule has 5 nitrogen and oxygen atoms in total. The molecule has 0 radical (unpaired) electrons. The number of pyridine rings is 1. The maximum Gasteiger partial charge on any atom is 0.146 e. The van der Waals surface area contributed by atoms with E-state index in [0.29, 0.717) is 17.9 Å². The van der Waals surface area contributed by atoms with Crippen LogP contribution in [-0.2, 0) is 13.6 Å². The minimum Gasteiger partial charge on any atom is -0.351 e. The average Bonchev–Trinajstić information content (AvgIpc) is 2.74. The summed E-state index contributed by atoms with van der Waals surface area (Å²) >= 11 is 0. The summed E-state index contributed by atoms with van der Waals surface area (Å²) in [5, 5.41) is 9.19. The first-order chi connectivity index (χ1) is 8.63. The maximum atomic E-state index is 9.19. The van der Waals surface area contributed by atoms with Crippen molar-refractivity contribution in [1.82, 2.24) is 14.5 Å². The van der Waals surface area contributed by atoms with Crippen molar-refractivity contribution >= 4 is 5.82 Å². The van der Waals surface area contributed by atoms with E-state index < -0.39 is 0 Å². The van der Waals surface area contributed by atoms with Crippen LogP contribution in [-0.4, -0.2) is 21.6 Å². The molecule has 0 spiro atoms. The van der Waals surface area contributed by atoms with Crippen LogP contribution in [0, 0.1) is 18.3 Å². The topological polar surface area (TPSA) is 57.7 Å². The summed E-state index contributed by atoms with van der Waals surface area (Å²) in [6, 6.07) is 4.05. The maximum absolute atomic E-state index is 9.19. The minimum absolute atomic E-state index is 0.620. The third-order valence-electron chi connectivity index (χ3n) is 2.91. The quantitative estimate of drug-likeness (QED) is 0.819. The van der Waals surface area contributed by atoms with E-state index >= 15 is 0 Å². The van der Waals surface area contributed by atoms with E-state index in [-0.39, 0.29) is 0 Å². The second-order valence-corrected chi connectivity index (χ2v) is 4.25. The molecule has 0 fully saturated rings. The molecule has 2 aromatic heterocycles. The Hall–Kier alpha value is -2.35. The van der Waals surface area contributed by atoms with Crippen LogP contribution in [0.2, 0.25) is 0 Å². The molecule has 5 heteroatoms. The molecule has 0 N–H and O–H groups in total. The minimum atomic E-state index is 0.620. The Bertz CT molecular complexity index is 594. The molecule has 0 aliphatic heterocycles. The SMILES string of the molecule is Cc1ccnc(N(C)Cc2nccn2C)c1C#N. The lowest BCUT2D eigenvalue weighted by Crippen LogP contribution is -2.21. The number of nitriles is 1. The highest BCUT2D eigenvalue weighted by Gasteiger charge is 2.12. The molecule has 18 heavy (non-hydrogen) atoms. The van der Waals surface area contributed by atoms with Gasteiger partial charge in [-0.3, -0.25) is 0 Å². The summed E-state index contributed by atoms with van der Waals surface area (Å²) in [5.74, 6) is 1.63. The standard InChI is InChI=1S/C13H15N5/c1-10-4-5-16-13(11(10)8-14)18(3)9-12-15-6-7-17(12)2/h4-7H,9H2,1-3H3. The van der Waals surface area contributed by atoms with Gasteiger partial charge < -0.3 is 9.47 Å². The largest absolute Gasteiger partial charge is 0.351 e. The van der Waals surface area contributed by atoms with Gasteiger partial charge in [0.05, 0.1) is 12.1 Å². The lowest BCUT2D eigenvalue weighted by atomic mass is 10.1. The van der Waals surface area contributed by atoms with Crippen LogP contribution in [0.5, 0.6) is 0 Å². The highest BCUT2D eigenvalue weighted by Crippen LogP contribution is 2.19. The summed E-state index contributed by atoms with van der Waals surface area (Å²) < 4.78 is 1.96. The molecule has 0 aliphatic rings. The number of anilines is 1. The third kappa shape index (κ3) is 2.18. The Labute approximate surface area is 106 Å². The van der Waals surface area contributed by atoms with Crippen LogP contribution >= 0.6 is 0 Å². The second kappa shape index (κ2) is 4.88. The number of nitrogens with zero attached hydrogens (tertiary/aromatic N) is 5. The molecule has 92 valence electrons. The van der Waals surface area contributed by atoms with Crippen LogP contribution in [0.25, 0.3) is 0 Å². The van der Waals surface area contributed by atoms with Crippen molar-refractivity contribution in [3.63, 3.8) is 0 Å². The van der Waals surface area contributed by atoms with Crippen LogP contribution < -0.4 is 4.90 Å². The number of aromatic nitrogens is 3. The molecular weight excluding hydrogens is 226 g/mol. The van der Waals surface area contributed by atoms with Gasteiger partial charge in [0.25, 0.3) is 0 Å². The molecule has 0 aromatic carbocycles. The van der Waals surface area contributed by atoms with E-state index in [2.05, 4.69) is 16.0 Å². The van der Waals surface area contributed by atoms with Crippen LogP contribution in [0.3, 0.4) is 0 Å². The van der Waals surface area contributed by atoms with Gasteiger partial charge in [0, 0.05) is 32.7 Å². The van der Waals surface area contributed by atoms with E-state index in [1.165, 1.54) is 0 Å². The van der Waals surface area contributed by atoms with Crippen LogP contribution in [0.1, 0.15) is 17.0 Å². The molecule has 0 saturated heterocycles. The lowest BCUT2D eigenvalue weighted by Gasteiger charge is -2.19. The lowest BCUT2D eigenvalue weighted by molar-refractivity contribution is 0.754. The number of hydrogen-bond donors (Lipinski definition) is 0. The van der Waals surface area contributed by atoms with Crippen molar-refractivity contribution in [1.29, 1.82) is 5.26 Å². The summed E-state index contributed by atoms with van der Waals surface area (Å²) in [6.45, 7) is 2.53. The van der Waals surface area contributed by atoms with E-state index in [1.807, 2.05) is 42.7 Å². The zero-order chi connectivity index (χ0) is 13.1. The first-order valence-electron chi connectivity index (χ1n) is 5.66. The van der Waals surface area contributed by atoms with Crippen molar-refractivity contribution < 1.29 is 0 Å². The fourth-order valence-electron chi connectivity index (χ4n) is 1.81. The number of hydrogen-bond acceptors (Lipinski definition) is 4. The highest BCUT2D eigenvalue weighted by molar-refractivity contribution is 5.56. The van der Waals surface area contributed by atoms with Crippen molar-refractivity contribution in [2.24, 2.45) is 7.05 Å². The fourth-order valence-corrected chi connectivity index (χ4v) is 1.81. The van der Waals surface area contributed by atoms with Gasteiger partial charge in [-0.1, -0.05) is 0 Å². The Kier molecular flexibility index (Phi) is 3.28. The van der Waals surface area contributed by atoms with Gasteiger partial charge >= 0.3 is 0 Å². The molecule has 2 rings (SSSR count). The molecule has 0 bridgehead atoms. The van der Waals surface area contributed by atoms with E-state index in [1.54, 1.807) is 12.4 Å². The zero-order valence-electron chi connectivity index (χ0n) is 10.8. The van der Waals surface area contributed by atoms with Crippen molar-refractivity contribution in [3.05, 3.63) is 41.6 Å². The van der Waals surface area contributed by atoms with E-state index in [0.717, 1.165) is 11.4 Å². The van der Waals surface area contributed by atoms with Gasteiger partial charge in [-0.2, -0.15) is 5.26 Å². The summed E-state index contributed by atoms with van der Waals surface area (Å²) in [7, 11) is 3.86. The van der Waals surface area contributed by atoms with Crippen LogP contribution in [0.4, 0.5) is 5.82 Å². The van der Waals surface area contributed by atoms with Gasteiger partial charge in [-0.15, -0.1) is 0 Å². The van der Waals surface area contributed by atoms with E-state index in [9.17, 15) is 5.26 Å². The second-order valence-electron chi connectivity index (χ2n) is 4.25. The monoisotopic (exact) mass is 241 g/mol. The molecule has 0 unspecified atom stereocenters. The van der Waals surface area contributed by atoms with Gasteiger partial charge in [0.15, 0.2) is 0 Å². The van der Waals surface area contributed by atoms with Gasteiger partial charge in [0.2, 0.25) is 0 Å². The Morgan fingerprint density at radius 1 is 1.39 bits per heavy atom. The van der Waals surface area contributed by atoms with E-state index in [4.69, 9.17) is 0 Å². The van der Waals surface area contributed by atoms with Crippen molar-refractivity contribution in [2.75, 3.05) is 11.9 Å². The summed E-state index contributed by atoms with van der Waals surface area (Å²) in [4.78, 5) is 10.5. The summed E-state index contributed by atoms with van der Waals surface area (Å²) in [5.41, 5.74) is 1.56. The summed E-state index contributed by atoms with van der Waals surface area (Å²) in [6.07, 6.45) is 5.39. The number of aryl methyl sites for hydroxylation is 2. The Morgan fingerprint density at radius 3 is 2.78 bits per heavy atom. The van der Waals surface area contributed by atoms with Crippen molar-refractivity contribution in [3.8, 4) is 6.07 Å². The Balaban J connectivity index is 2.30. The molecule has 0 saturated carbocycles. The fraction of sp³-hybridized carbons (Fsp3) is 0.308. The number of imidazole rings is 1. The molecule has 0 atom stereocenters. The average molecular weight is 241 g/mol. The molecular formula is C13H15N5. The zero-order valence-corrected chi connectivity index (χ0v) is 10.8. The van der Waals surface area contributed by atoms with Gasteiger partial charge in [-0.05, 0) is 18.6 Å². The molecule has 2 heterocycles. The first kappa shape index (κ1) is 12.1. The highest BCUT2D eigenvalue weighted by atomic mass is 15.2.